The van der Waals surface area contributed by atoms with Gasteiger partial charge in [-0.3, -0.25) is 4.79 Å². The van der Waals surface area contributed by atoms with Crippen molar-refractivity contribution in [1.29, 1.82) is 0 Å². The molecule has 1 amide bonds. The Morgan fingerprint density at radius 2 is 2.19 bits per heavy atom. The highest BCUT2D eigenvalue weighted by Crippen LogP contribution is 2.35. The third-order valence-electron chi connectivity index (χ3n) is 6.12. The highest BCUT2D eigenvalue weighted by molar-refractivity contribution is 5.89. The number of ether oxygens (including phenoxy) is 1. The lowest BCUT2D eigenvalue weighted by Gasteiger charge is -2.34. The Bertz CT molecular complexity index is 1590. The van der Waals surface area contributed by atoms with Crippen LogP contribution in [0, 0.1) is 5.82 Å². The number of carbonyl (C=O) groups is 1. The minimum atomic E-state index is -3.05. The molecular weight excluding hydrogens is 496 g/mol. The van der Waals surface area contributed by atoms with Gasteiger partial charge in [0.2, 0.25) is 17.7 Å². The normalized spacial score (nSPS) is 20.1. The highest BCUT2D eigenvalue weighted by Gasteiger charge is 2.31. The second kappa shape index (κ2) is 9.16. The van der Waals surface area contributed by atoms with E-state index in [4.69, 9.17) is 8.85 Å². The molecule has 1 aliphatic heterocycles. The number of hydrogen-bond donors (Lipinski definition) is 1. The summed E-state index contributed by atoms with van der Waals surface area (Å²) in [5.74, 6) is -5.01. The predicted molar refractivity (Wildman–Crippen MR) is 126 cm³/mol. The van der Waals surface area contributed by atoms with E-state index in [-0.39, 0.29) is 41.4 Å². The first kappa shape index (κ1) is 21.1. The van der Waals surface area contributed by atoms with Gasteiger partial charge in [-0.05, 0) is 24.1 Å². The van der Waals surface area contributed by atoms with E-state index in [2.05, 4.69) is 25.7 Å². The monoisotopic (exact) mass is 523 g/mol. The van der Waals surface area contributed by atoms with Gasteiger partial charge >= 0.3 is 0 Å². The van der Waals surface area contributed by atoms with Gasteiger partial charge in [-0.15, -0.1) is 10.2 Å². The number of halogens is 4. The molecule has 1 fully saturated rings. The van der Waals surface area contributed by atoms with Crippen molar-refractivity contribution in [2.24, 2.45) is 0 Å². The van der Waals surface area contributed by atoms with Gasteiger partial charge in [0.05, 0.1) is 37.0 Å². The number of fused-ring (bicyclic) bond motifs is 2. The van der Waals surface area contributed by atoms with Crippen LogP contribution in [0.15, 0.2) is 24.4 Å². The molecule has 5 rings (SSSR count). The summed E-state index contributed by atoms with van der Waals surface area (Å²) >= 11 is 0. The van der Waals surface area contributed by atoms with Crippen molar-refractivity contribution in [3.63, 3.8) is 0 Å². The minimum absolute atomic E-state index is 0.00880. The number of hydrogen-bond acceptors (Lipinski definition) is 7. The smallest absolute Gasteiger partial charge is 0.264 e. The van der Waals surface area contributed by atoms with Gasteiger partial charge in [0.1, 0.15) is 23.7 Å². The van der Waals surface area contributed by atoms with Crippen LogP contribution < -0.4 is 10.1 Å². The first-order valence-electron chi connectivity index (χ1n) is 12.8. The van der Waals surface area contributed by atoms with E-state index in [0.29, 0.717) is 11.1 Å². The number of likely N-dealkylation sites (tertiary alicyclic amines) is 1. The van der Waals surface area contributed by atoms with Crippen LogP contribution >= 0.6 is 0 Å². The van der Waals surface area contributed by atoms with E-state index in [1.807, 2.05) is 0 Å². The average molecular weight is 524 g/mol. The molecule has 1 saturated heterocycles. The molecule has 4 aromatic rings. The Morgan fingerprint density at radius 3 is 2.89 bits per heavy atom. The maximum Gasteiger partial charge on any atom is 0.264 e. The summed E-state index contributed by atoms with van der Waals surface area (Å²) < 4.78 is 86.8. The standard InChI is InChI=1S/C23H24F4N8O2/c1-12(36)33-7-6-16(14(24)9-33)28-22-29-21(37-3)20-19(15(25)10-34(20)31-22)13-4-5-17-18(8-13)35(32-30-17)11-23(2,26)27/h4-5,8,10,14,16H,6-7,9,11H2,1-3H3,(H,28,31)/t14-,16+/m1/s1/i1D3. The van der Waals surface area contributed by atoms with Crippen molar-refractivity contribution in [1.82, 2.24) is 34.5 Å². The fourth-order valence-electron chi connectivity index (χ4n) is 4.42. The van der Waals surface area contributed by atoms with Crippen LogP contribution in [-0.2, 0) is 11.3 Å². The number of methoxy groups -OCH3 is 1. The van der Waals surface area contributed by atoms with E-state index >= 15 is 4.39 Å². The van der Waals surface area contributed by atoms with Gasteiger partial charge in [-0.25, -0.2) is 26.8 Å². The quantitative estimate of drug-likeness (QED) is 0.387. The van der Waals surface area contributed by atoms with Gasteiger partial charge in [0.25, 0.3) is 5.92 Å². The zero-order chi connectivity index (χ0) is 29.0. The van der Waals surface area contributed by atoms with Gasteiger partial charge in [-0.1, -0.05) is 11.3 Å². The van der Waals surface area contributed by atoms with Crippen molar-refractivity contribution in [2.75, 3.05) is 25.5 Å². The second-order valence-electron chi connectivity index (χ2n) is 8.92. The summed E-state index contributed by atoms with van der Waals surface area (Å²) in [6, 6.07) is 3.71. The number of piperidine rings is 1. The molecule has 0 radical (unpaired) electrons. The molecule has 14 heteroatoms. The predicted octanol–water partition coefficient (Wildman–Crippen LogP) is 3.31. The molecule has 0 bridgehead atoms. The largest absolute Gasteiger partial charge is 0.479 e. The van der Waals surface area contributed by atoms with Crippen molar-refractivity contribution >= 4 is 28.4 Å². The number of carbonyl (C=O) groups excluding carboxylic acids is 1. The fraction of sp³-hybridized carbons (Fsp3) is 0.435. The zero-order valence-corrected chi connectivity index (χ0v) is 19.8. The number of anilines is 1. The number of rotatable bonds is 6. The average Bonchev–Trinajstić information content (AvgIpc) is 3.41. The Hall–Kier alpha value is -3.97. The van der Waals surface area contributed by atoms with Crippen molar-refractivity contribution < 1.29 is 31.2 Å². The molecular formula is C23H24F4N8O2. The van der Waals surface area contributed by atoms with Crippen LogP contribution in [0.1, 0.15) is 24.3 Å². The topological polar surface area (TPSA) is 102 Å². The number of alkyl halides is 3. The van der Waals surface area contributed by atoms with Crippen LogP contribution in [0.3, 0.4) is 0 Å². The third kappa shape index (κ3) is 4.74. The Kier molecular flexibility index (Phi) is 5.23. The molecule has 0 spiro atoms. The van der Waals surface area contributed by atoms with Crippen molar-refractivity contribution in [3.8, 4) is 17.0 Å². The van der Waals surface area contributed by atoms with Crippen LogP contribution in [0.25, 0.3) is 27.7 Å². The minimum Gasteiger partial charge on any atom is -0.479 e. The van der Waals surface area contributed by atoms with Crippen LogP contribution in [0.4, 0.5) is 23.5 Å². The summed E-state index contributed by atoms with van der Waals surface area (Å²) in [6.07, 6.45) is -0.468. The van der Waals surface area contributed by atoms with Crippen molar-refractivity contribution in [2.45, 2.75) is 44.9 Å². The molecule has 1 N–H and O–H groups in total. The maximum atomic E-state index is 15.3. The lowest BCUT2D eigenvalue weighted by Crippen LogP contribution is -2.49. The molecule has 4 heterocycles. The van der Waals surface area contributed by atoms with Gasteiger partial charge in [0, 0.05) is 24.4 Å². The lowest BCUT2D eigenvalue weighted by atomic mass is 10.0. The van der Waals surface area contributed by atoms with Crippen LogP contribution in [-0.4, -0.2) is 78.7 Å². The summed E-state index contributed by atoms with van der Waals surface area (Å²) in [5, 5.41) is 14.7. The van der Waals surface area contributed by atoms with E-state index in [1.54, 1.807) is 6.07 Å². The summed E-state index contributed by atoms with van der Waals surface area (Å²) in [5.41, 5.74) is 1.11. The van der Waals surface area contributed by atoms with Gasteiger partial charge in [-0.2, -0.15) is 4.98 Å². The first-order chi connectivity index (χ1) is 18.7. The summed E-state index contributed by atoms with van der Waals surface area (Å²) in [6.45, 7) is -3.24. The lowest BCUT2D eigenvalue weighted by molar-refractivity contribution is -0.131. The fourth-order valence-corrected chi connectivity index (χ4v) is 4.42. The molecule has 0 unspecified atom stereocenters. The molecule has 0 aliphatic carbocycles. The molecule has 37 heavy (non-hydrogen) atoms. The maximum absolute atomic E-state index is 15.3. The van der Waals surface area contributed by atoms with Crippen LogP contribution in [0.2, 0.25) is 0 Å². The van der Waals surface area contributed by atoms with E-state index in [0.717, 1.165) is 22.7 Å². The summed E-state index contributed by atoms with van der Waals surface area (Å²) in [7, 11) is 1.31. The number of nitrogens with one attached hydrogen (secondary N) is 1. The number of amides is 1. The molecule has 2 atom stereocenters. The Balaban J connectivity index is 1.45. The molecule has 10 nitrogen and oxygen atoms in total. The third-order valence-corrected chi connectivity index (χ3v) is 6.12. The molecule has 1 aliphatic rings. The Labute approximate surface area is 212 Å². The van der Waals surface area contributed by atoms with Gasteiger partial charge < -0.3 is 15.0 Å². The summed E-state index contributed by atoms with van der Waals surface area (Å²) in [4.78, 5) is 17.2. The molecule has 3 aromatic heterocycles. The zero-order valence-electron chi connectivity index (χ0n) is 22.8. The Morgan fingerprint density at radius 1 is 1.38 bits per heavy atom. The first-order valence-corrected chi connectivity index (χ1v) is 11.3. The van der Waals surface area contributed by atoms with Crippen molar-refractivity contribution in [3.05, 3.63) is 30.2 Å². The van der Waals surface area contributed by atoms with E-state index in [9.17, 15) is 18.0 Å². The SMILES string of the molecule is [2H]C([2H])([2H])C(=O)N1CC[C@H](Nc2nc(OC)c3c(-c4ccc5nnn(CC(C)(F)F)c5c4)c(F)cn3n2)[C@H](F)C1. The number of nitrogens with zero attached hydrogens (tertiary/aromatic N) is 7. The molecule has 196 valence electrons. The molecule has 1 aromatic carbocycles. The number of benzene rings is 1. The second-order valence-corrected chi connectivity index (χ2v) is 8.92. The van der Waals surface area contributed by atoms with E-state index < -0.39 is 49.8 Å². The van der Waals surface area contributed by atoms with Crippen LogP contribution in [0.5, 0.6) is 5.88 Å². The van der Waals surface area contributed by atoms with E-state index in [1.165, 1.54) is 23.8 Å². The molecule has 0 saturated carbocycles. The highest BCUT2D eigenvalue weighted by atomic mass is 19.3. The number of aromatic nitrogens is 6. The van der Waals surface area contributed by atoms with Gasteiger partial charge in [0.15, 0.2) is 5.82 Å².